The lowest BCUT2D eigenvalue weighted by molar-refractivity contribution is -0.144. The number of carboxylic acids is 1. The van der Waals surface area contributed by atoms with E-state index >= 15 is 0 Å². The monoisotopic (exact) mass is 375 g/mol. The Morgan fingerprint density at radius 1 is 1.33 bits per heavy atom. The van der Waals surface area contributed by atoms with Crippen LogP contribution in [0.15, 0.2) is 24.3 Å². The first kappa shape index (κ1) is 19.6. The highest BCUT2D eigenvalue weighted by Gasteiger charge is 2.51. The average molecular weight is 375 g/mol. The zero-order valence-electron chi connectivity index (χ0n) is 16.1. The van der Waals surface area contributed by atoms with Crippen LogP contribution < -0.4 is 10.1 Å². The summed E-state index contributed by atoms with van der Waals surface area (Å²) >= 11 is 0. The van der Waals surface area contributed by atoms with Gasteiger partial charge in [-0.1, -0.05) is 18.2 Å². The number of benzene rings is 1. The number of rotatable bonds is 7. The third-order valence-electron chi connectivity index (χ3n) is 5.65. The lowest BCUT2D eigenvalue weighted by atomic mass is 9.77. The summed E-state index contributed by atoms with van der Waals surface area (Å²) in [6.45, 7) is 3.78. The summed E-state index contributed by atoms with van der Waals surface area (Å²) < 4.78 is 5.94. The van der Waals surface area contributed by atoms with Gasteiger partial charge in [-0.2, -0.15) is 0 Å². The highest BCUT2D eigenvalue weighted by Crippen LogP contribution is 2.37. The topological polar surface area (TPSA) is 82.1 Å². The van der Waals surface area contributed by atoms with Gasteiger partial charge in [0, 0.05) is 38.2 Å². The smallest absolute Gasteiger partial charge is 0.309 e. The van der Waals surface area contributed by atoms with Crippen molar-refractivity contribution in [3.05, 3.63) is 29.8 Å². The van der Waals surface area contributed by atoms with E-state index in [1.54, 1.807) is 0 Å². The normalized spacial score (nSPS) is 22.2. The second-order valence-corrected chi connectivity index (χ2v) is 7.83. The molecule has 1 aromatic carbocycles. The van der Waals surface area contributed by atoms with Crippen LogP contribution in [-0.2, 0) is 16.1 Å². The van der Waals surface area contributed by atoms with Gasteiger partial charge in [0.1, 0.15) is 12.4 Å². The van der Waals surface area contributed by atoms with Crippen LogP contribution in [0.2, 0.25) is 0 Å². The molecule has 148 valence electrons. The van der Waals surface area contributed by atoms with E-state index in [-0.39, 0.29) is 12.3 Å². The van der Waals surface area contributed by atoms with Gasteiger partial charge in [0.25, 0.3) is 0 Å². The van der Waals surface area contributed by atoms with Gasteiger partial charge in [0.15, 0.2) is 0 Å². The molecule has 1 spiro atoms. The first-order chi connectivity index (χ1) is 12.9. The molecule has 0 aromatic heterocycles. The number of piperidine rings is 1. The fraction of sp³-hybridized carbons (Fsp3) is 0.600. The Labute approximate surface area is 160 Å². The SMILES string of the molecule is CN(C)CCOc1ccccc1CN1CCC2(CC1)NC(=O)C[C@H]2C(=O)O. The molecule has 1 amide bonds. The van der Waals surface area contributed by atoms with Gasteiger partial charge in [-0.15, -0.1) is 0 Å². The Hall–Kier alpha value is -2.12. The molecule has 0 unspecified atom stereocenters. The molecule has 2 aliphatic heterocycles. The van der Waals surface area contributed by atoms with Crippen molar-refractivity contribution in [2.24, 2.45) is 5.92 Å². The number of likely N-dealkylation sites (N-methyl/N-ethyl adjacent to an activating group) is 1. The minimum absolute atomic E-state index is 0.0951. The molecular formula is C20H29N3O4. The summed E-state index contributed by atoms with van der Waals surface area (Å²) in [5.41, 5.74) is 0.554. The Morgan fingerprint density at radius 2 is 2.04 bits per heavy atom. The summed E-state index contributed by atoms with van der Waals surface area (Å²) in [7, 11) is 4.04. The molecule has 0 bridgehead atoms. The summed E-state index contributed by atoms with van der Waals surface area (Å²) in [6, 6.07) is 8.06. The Balaban J connectivity index is 1.60. The van der Waals surface area contributed by atoms with Gasteiger partial charge >= 0.3 is 5.97 Å². The Kier molecular flexibility index (Phi) is 6.01. The molecule has 2 fully saturated rings. The van der Waals surface area contributed by atoms with E-state index in [9.17, 15) is 14.7 Å². The summed E-state index contributed by atoms with van der Waals surface area (Å²) in [5.74, 6) is -0.733. The van der Waals surface area contributed by atoms with E-state index < -0.39 is 17.4 Å². The number of amides is 1. The van der Waals surface area contributed by atoms with E-state index in [4.69, 9.17) is 4.74 Å². The fourth-order valence-corrected chi connectivity index (χ4v) is 4.06. The number of carbonyl (C=O) groups excluding carboxylic acids is 1. The molecule has 2 heterocycles. The van der Waals surface area contributed by atoms with Gasteiger partial charge in [-0.05, 0) is 33.0 Å². The van der Waals surface area contributed by atoms with Gasteiger partial charge in [-0.3, -0.25) is 14.5 Å². The molecule has 0 saturated carbocycles. The largest absolute Gasteiger partial charge is 0.492 e. The molecule has 1 atom stereocenters. The van der Waals surface area contributed by atoms with Crippen molar-refractivity contribution < 1.29 is 19.4 Å². The molecular weight excluding hydrogens is 346 g/mol. The van der Waals surface area contributed by atoms with E-state index in [0.29, 0.717) is 19.4 Å². The molecule has 1 aromatic rings. The summed E-state index contributed by atoms with van der Waals surface area (Å²) in [4.78, 5) is 27.7. The summed E-state index contributed by atoms with van der Waals surface area (Å²) in [5, 5.41) is 12.4. The molecule has 7 heteroatoms. The van der Waals surface area contributed by atoms with Crippen molar-refractivity contribution >= 4 is 11.9 Å². The molecule has 0 radical (unpaired) electrons. The van der Waals surface area contributed by atoms with Crippen LogP contribution in [0.3, 0.4) is 0 Å². The Bertz CT molecular complexity index is 684. The highest BCUT2D eigenvalue weighted by atomic mass is 16.5. The number of carbonyl (C=O) groups is 2. The lowest BCUT2D eigenvalue weighted by Gasteiger charge is -2.41. The molecule has 2 aliphatic rings. The molecule has 27 heavy (non-hydrogen) atoms. The van der Waals surface area contributed by atoms with Gasteiger partial charge in [-0.25, -0.2) is 0 Å². The number of aliphatic carboxylic acids is 1. The predicted molar refractivity (Wildman–Crippen MR) is 102 cm³/mol. The number of para-hydroxylation sites is 1. The van der Waals surface area contributed by atoms with Crippen molar-refractivity contribution in [3.8, 4) is 5.75 Å². The molecule has 0 aliphatic carbocycles. The number of hydrogen-bond acceptors (Lipinski definition) is 5. The minimum Gasteiger partial charge on any atom is -0.492 e. The predicted octanol–water partition coefficient (Wildman–Crippen LogP) is 1.18. The molecule has 2 saturated heterocycles. The van der Waals surface area contributed by atoms with E-state index in [1.807, 2.05) is 32.3 Å². The average Bonchev–Trinajstić information content (AvgIpc) is 2.94. The van der Waals surface area contributed by atoms with Crippen LogP contribution in [-0.4, -0.2) is 72.7 Å². The fourth-order valence-electron chi connectivity index (χ4n) is 4.06. The zero-order valence-corrected chi connectivity index (χ0v) is 16.1. The van der Waals surface area contributed by atoms with Crippen LogP contribution in [0.25, 0.3) is 0 Å². The van der Waals surface area contributed by atoms with E-state index in [2.05, 4.69) is 21.2 Å². The second kappa shape index (κ2) is 8.27. The maximum Gasteiger partial charge on any atom is 0.309 e. The third kappa shape index (κ3) is 4.59. The van der Waals surface area contributed by atoms with Gasteiger partial charge in [0.2, 0.25) is 5.91 Å². The van der Waals surface area contributed by atoms with Crippen LogP contribution in [0, 0.1) is 5.92 Å². The quantitative estimate of drug-likeness (QED) is 0.745. The minimum atomic E-state index is -0.874. The van der Waals surface area contributed by atoms with E-state index in [0.717, 1.165) is 37.5 Å². The van der Waals surface area contributed by atoms with Gasteiger partial charge in [0.05, 0.1) is 11.5 Å². The number of carboxylic acid groups (broad SMARTS) is 1. The first-order valence-corrected chi connectivity index (χ1v) is 9.51. The van der Waals surface area contributed by atoms with Crippen LogP contribution in [0.5, 0.6) is 5.75 Å². The van der Waals surface area contributed by atoms with Crippen LogP contribution in [0.1, 0.15) is 24.8 Å². The van der Waals surface area contributed by atoms with Crippen molar-refractivity contribution in [2.45, 2.75) is 31.3 Å². The van der Waals surface area contributed by atoms with Crippen molar-refractivity contribution in [1.29, 1.82) is 0 Å². The number of nitrogens with zero attached hydrogens (tertiary/aromatic N) is 2. The highest BCUT2D eigenvalue weighted by molar-refractivity contribution is 5.88. The maximum absolute atomic E-state index is 11.8. The lowest BCUT2D eigenvalue weighted by Crippen LogP contribution is -2.55. The van der Waals surface area contributed by atoms with Gasteiger partial charge < -0.3 is 20.1 Å². The summed E-state index contributed by atoms with van der Waals surface area (Å²) in [6.07, 6.45) is 1.43. The number of ether oxygens (including phenoxy) is 1. The maximum atomic E-state index is 11.8. The van der Waals surface area contributed by atoms with Crippen molar-refractivity contribution in [2.75, 3.05) is 40.3 Å². The Morgan fingerprint density at radius 3 is 2.70 bits per heavy atom. The van der Waals surface area contributed by atoms with E-state index in [1.165, 1.54) is 0 Å². The zero-order chi connectivity index (χ0) is 19.4. The van der Waals surface area contributed by atoms with Crippen LogP contribution in [0.4, 0.5) is 0 Å². The van der Waals surface area contributed by atoms with Crippen molar-refractivity contribution in [1.82, 2.24) is 15.1 Å². The molecule has 7 nitrogen and oxygen atoms in total. The first-order valence-electron chi connectivity index (χ1n) is 9.51. The van der Waals surface area contributed by atoms with Crippen LogP contribution >= 0.6 is 0 Å². The standard InChI is InChI=1S/C20H29N3O4/c1-22(2)11-12-27-17-6-4-3-5-15(17)14-23-9-7-20(8-10-23)16(19(25)26)13-18(24)21-20/h3-6,16H,7-14H2,1-2H3,(H,21,24)(H,25,26)/t16-/m0/s1. The number of hydrogen-bond donors (Lipinski definition) is 2. The second-order valence-electron chi connectivity index (χ2n) is 7.83. The number of likely N-dealkylation sites (tertiary alicyclic amines) is 1. The molecule has 2 N–H and O–H groups in total. The number of nitrogens with one attached hydrogen (secondary N) is 1. The molecule has 3 rings (SSSR count). The van der Waals surface area contributed by atoms with Crippen molar-refractivity contribution in [3.63, 3.8) is 0 Å². The third-order valence-corrected chi connectivity index (χ3v) is 5.65.